The van der Waals surface area contributed by atoms with Gasteiger partial charge >= 0.3 is 6.18 Å². The maximum Gasteiger partial charge on any atom is 0.418 e. The summed E-state index contributed by atoms with van der Waals surface area (Å²) in [6.07, 6.45) is -3.57. The van der Waals surface area contributed by atoms with Gasteiger partial charge in [-0.3, -0.25) is 9.78 Å². The van der Waals surface area contributed by atoms with Gasteiger partial charge in [-0.2, -0.15) is 13.2 Å². The minimum atomic E-state index is -4.64. The van der Waals surface area contributed by atoms with Gasteiger partial charge in [0.2, 0.25) is 0 Å². The summed E-state index contributed by atoms with van der Waals surface area (Å²) < 4.78 is 38.9. The number of carbonyl (C=O) groups is 1. The Morgan fingerprint density at radius 3 is 2.35 bits per heavy atom. The van der Waals surface area contributed by atoms with Gasteiger partial charge in [0.1, 0.15) is 0 Å². The fourth-order valence-electron chi connectivity index (χ4n) is 1.82. The van der Waals surface area contributed by atoms with Crippen LogP contribution in [0.5, 0.6) is 0 Å². The van der Waals surface area contributed by atoms with E-state index in [2.05, 4.69) is 10.3 Å². The Morgan fingerprint density at radius 2 is 1.78 bits per heavy atom. The Hall–Kier alpha value is -1.50. The number of carbonyl (C=O) groups excluding carboxylic acids is 1. The molecule has 2 aromatic rings. The molecule has 0 fully saturated rings. The van der Waals surface area contributed by atoms with Crippen LogP contribution in [0, 0.1) is 0 Å². The van der Waals surface area contributed by atoms with Crippen LogP contribution in [0.3, 0.4) is 0 Å². The lowest BCUT2D eigenvalue weighted by atomic mass is 10.1. The van der Waals surface area contributed by atoms with E-state index in [-0.39, 0.29) is 26.3 Å². The van der Waals surface area contributed by atoms with E-state index in [1.807, 2.05) is 0 Å². The third-order valence-electron chi connectivity index (χ3n) is 2.85. The monoisotopic (exact) mass is 382 g/mol. The number of amides is 1. The lowest BCUT2D eigenvalue weighted by Gasteiger charge is -2.13. The van der Waals surface area contributed by atoms with Crippen molar-refractivity contribution in [2.24, 2.45) is 0 Å². The highest BCUT2D eigenvalue weighted by Crippen LogP contribution is 2.33. The van der Waals surface area contributed by atoms with Crippen molar-refractivity contribution in [3.05, 3.63) is 62.4 Å². The fraction of sp³-hybridized carbons (Fsp3) is 0.143. The molecule has 0 aliphatic heterocycles. The predicted molar refractivity (Wildman–Crippen MR) is 81.9 cm³/mol. The maximum atomic E-state index is 13.0. The number of hydrogen-bond acceptors (Lipinski definition) is 2. The molecule has 0 aliphatic rings. The number of nitrogens with zero attached hydrogens (tertiary/aromatic N) is 1. The number of alkyl halides is 3. The molecule has 2 rings (SSSR count). The molecule has 0 radical (unpaired) electrons. The molecule has 0 atom stereocenters. The van der Waals surface area contributed by atoms with Crippen LogP contribution in [0.2, 0.25) is 15.1 Å². The van der Waals surface area contributed by atoms with E-state index in [4.69, 9.17) is 34.8 Å². The van der Waals surface area contributed by atoms with Gasteiger partial charge in [0, 0.05) is 6.20 Å². The van der Waals surface area contributed by atoms with Gasteiger partial charge in [0.25, 0.3) is 5.91 Å². The van der Waals surface area contributed by atoms with Crippen LogP contribution in [-0.2, 0) is 12.7 Å². The fourth-order valence-corrected chi connectivity index (χ4v) is 2.55. The van der Waals surface area contributed by atoms with Crippen LogP contribution in [-0.4, -0.2) is 10.9 Å². The van der Waals surface area contributed by atoms with Crippen LogP contribution in [0.4, 0.5) is 13.2 Å². The third-order valence-corrected chi connectivity index (χ3v) is 3.69. The van der Waals surface area contributed by atoms with Crippen molar-refractivity contribution < 1.29 is 18.0 Å². The van der Waals surface area contributed by atoms with Crippen LogP contribution in [0.15, 0.2) is 30.5 Å². The summed E-state index contributed by atoms with van der Waals surface area (Å²) in [6, 6.07) is 5.19. The number of aromatic nitrogens is 1. The van der Waals surface area contributed by atoms with E-state index < -0.39 is 24.2 Å². The van der Waals surface area contributed by atoms with Crippen LogP contribution >= 0.6 is 34.8 Å². The van der Waals surface area contributed by atoms with Gasteiger partial charge < -0.3 is 5.32 Å². The average Bonchev–Trinajstić information content (AvgIpc) is 2.44. The van der Waals surface area contributed by atoms with Crippen molar-refractivity contribution in [1.82, 2.24) is 10.3 Å². The smallest absolute Gasteiger partial charge is 0.346 e. The largest absolute Gasteiger partial charge is 0.418 e. The lowest BCUT2D eigenvalue weighted by molar-refractivity contribution is -0.138. The number of pyridine rings is 1. The molecular weight excluding hydrogens is 376 g/mol. The molecule has 1 amide bonds. The molecule has 0 aliphatic carbocycles. The number of hydrogen-bond donors (Lipinski definition) is 1. The molecule has 3 nitrogen and oxygen atoms in total. The zero-order chi connectivity index (χ0) is 17.2. The lowest BCUT2D eigenvalue weighted by Crippen LogP contribution is -2.26. The highest BCUT2D eigenvalue weighted by atomic mass is 35.5. The van der Waals surface area contributed by atoms with E-state index >= 15 is 0 Å². The molecule has 0 saturated heterocycles. The van der Waals surface area contributed by atoms with E-state index in [1.165, 1.54) is 12.1 Å². The first kappa shape index (κ1) is 17.8. The van der Waals surface area contributed by atoms with Crippen molar-refractivity contribution in [3.8, 4) is 0 Å². The second-order valence-electron chi connectivity index (χ2n) is 4.42. The zero-order valence-corrected chi connectivity index (χ0v) is 13.5. The molecule has 9 heteroatoms. The van der Waals surface area contributed by atoms with Gasteiger partial charge in [-0.25, -0.2) is 0 Å². The number of nitrogens with one attached hydrogen (secondary N) is 1. The number of rotatable bonds is 3. The molecule has 1 N–H and O–H groups in total. The highest BCUT2D eigenvalue weighted by Gasteiger charge is 2.34. The van der Waals surface area contributed by atoms with Gasteiger partial charge in [0.15, 0.2) is 0 Å². The Kier molecular flexibility index (Phi) is 5.39. The van der Waals surface area contributed by atoms with Crippen molar-refractivity contribution >= 4 is 40.7 Å². The van der Waals surface area contributed by atoms with Gasteiger partial charge in [-0.1, -0.05) is 40.9 Å². The van der Waals surface area contributed by atoms with E-state index in [1.54, 1.807) is 6.07 Å². The predicted octanol–water partition coefficient (Wildman–Crippen LogP) is 4.99. The molecule has 0 saturated carbocycles. The zero-order valence-electron chi connectivity index (χ0n) is 11.2. The quantitative estimate of drug-likeness (QED) is 0.811. The Balaban J connectivity index is 2.23. The van der Waals surface area contributed by atoms with Gasteiger partial charge in [-0.05, 0) is 18.2 Å². The summed E-state index contributed by atoms with van der Waals surface area (Å²) in [5, 5.41) is 2.35. The molecule has 0 spiro atoms. The molecule has 1 aromatic heterocycles. The summed E-state index contributed by atoms with van der Waals surface area (Å²) in [5.74, 6) is -0.703. The van der Waals surface area contributed by atoms with Crippen LogP contribution in [0.1, 0.15) is 21.6 Å². The minimum Gasteiger partial charge on any atom is -0.346 e. The molecule has 1 aromatic carbocycles. The summed E-state index contributed by atoms with van der Waals surface area (Å²) in [6.45, 7) is -0.452. The van der Waals surface area contributed by atoms with Crippen molar-refractivity contribution in [2.75, 3.05) is 0 Å². The Labute approximate surface area is 144 Å². The van der Waals surface area contributed by atoms with E-state index in [0.29, 0.717) is 0 Å². The molecule has 0 unspecified atom stereocenters. The SMILES string of the molecule is O=C(NCc1ncc(Cl)cc1C(F)(F)F)c1c(Cl)cccc1Cl. The average molecular weight is 384 g/mol. The maximum absolute atomic E-state index is 13.0. The minimum absolute atomic E-state index is 0.0154. The normalized spacial score (nSPS) is 11.4. The van der Waals surface area contributed by atoms with Crippen molar-refractivity contribution in [1.29, 1.82) is 0 Å². The van der Waals surface area contributed by atoms with Gasteiger partial charge in [0.05, 0.1) is 38.4 Å². The summed E-state index contributed by atoms with van der Waals surface area (Å²) >= 11 is 17.3. The highest BCUT2D eigenvalue weighted by molar-refractivity contribution is 6.39. The second kappa shape index (κ2) is 6.95. The molecule has 0 bridgehead atoms. The first-order chi connectivity index (χ1) is 10.7. The molecular formula is C14H8Cl3F3N2O. The summed E-state index contributed by atoms with van der Waals surface area (Å²) in [5.41, 5.74) is -1.40. The standard InChI is InChI=1S/C14H8Cl3F3N2O/c15-7-4-8(14(18,19)20)11(21-5-7)6-22-13(23)12-9(16)2-1-3-10(12)17/h1-5H,6H2,(H,22,23). The number of halogens is 6. The first-order valence-electron chi connectivity index (χ1n) is 6.14. The molecule has 23 heavy (non-hydrogen) atoms. The van der Waals surface area contributed by atoms with Crippen LogP contribution in [0.25, 0.3) is 0 Å². The Bertz CT molecular complexity index is 730. The second-order valence-corrected chi connectivity index (χ2v) is 5.68. The number of benzene rings is 1. The molecule has 1 heterocycles. The topological polar surface area (TPSA) is 42.0 Å². The van der Waals surface area contributed by atoms with E-state index in [0.717, 1.165) is 12.3 Å². The third kappa shape index (κ3) is 4.28. The molecule has 122 valence electrons. The van der Waals surface area contributed by atoms with E-state index in [9.17, 15) is 18.0 Å². The van der Waals surface area contributed by atoms with Crippen molar-refractivity contribution in [3.63, 3.8) is 0 Å². The summed E-state index contributed by atoms with van der Waals surface area (Å²) in [7, 11) is 0. The van der Waals surface area contributed by atoms with Crippen LogP contribution < -0.4 is 5.32 Å². The van der Waals surface area contributed by atoms with Gasteiger partial charge in [-0.15, -0.1) is 0 Å². The summed E-state index contributed by atoms with van der Waals surface area (Å²) in [4.78, 5) is 15.7. The Morgan fingerprint density at radius 1 is 1.17 bits per heavy atom. The van der Waals surface area contributed by atoms with Crippen molar-refractivity contribution in [2.45, 2.75) is 12.7 Å². The first-order valence-corrected chi connectivity index (χ1v) is 7.27.